The van der Waals surface area contributed by atoms with E-state index in [9.17, 15) is 5.26 Å². The molecule has 0 spiro atoms. The summed E-state index contributed by atoms with van der Waals surface area (Å²) in [6.07, 6.45) is 1.51. The van der Waals surface area contributed by atoms with Gasteiger partial charge in [-0.05, 0) is 53.8 Å². The van der Waals surface area contributed by atoms with Gasteiger partial charge in [0, 0.05) is 24.8 Å². The fraction of sp³-hybridized carbons (Fsp3) is 0.296. The van der Waals surface area contributed by atoms with Gasteiger partial charge >= 0.3 is 0 Å². The van der Waals surface area contributed by atoms with E-state index in [2.05, 4.69) is 72.6 Å². The second-order valence-electron chi connectivity index (χ2n) is 7.86. The van der Waals surface area contributed by atoms with Gasteiger partial charge in [-0.15, -0.1) is 0 Å². The average Bonchev–Trinajstić information content (AvgIpc) is 2.82. The smallest absolute Gasteiger partial charge is 0.0866 e. The maximum absolute atomic E-state index is 9.71. The first-order valence-electron chi connectivity index (χ1n) is 10.5. The zero-order valence-electron chi connectivity index (χ0n) is 17.3. The highest BCUT2D eigenvalue weighted by Crippen LogP contribution is 2.34. The molecule has 0 aromatic heterocycles. The number of hydrogen-bond acceptors (Lipinski definition) is 3. The standard InChI is InChI=1S/C27H26N2O/c1-21(25-10-4-8-23-7-2-3-9-26(23)25)29-17-5-6-22-11-13-24(14-12-22)27(20-28)15-18-30-19-16-27/h2-4,7-14,21,29H,15-19H2,1H3. The minimum absolute atomic E-state index is 0.219. The molecule has 3 heteroatoms. The van der Waals surface area contributed by atoms with Crippen molar-refractivity contribution in [3.63, 3.8) is 0 Å². The van der Waals surface area contributed by atoms with Crippen molar-refractivity contribution in [2.24, 2.45) is 0 Å². The van der Waals surface area contributed by atoms with Crippen LogP contribution in [0.4, 0.5) is 0 Å². The molecule has 3 aromatic carbocycles. The lowest BCUT2D eigenvalue weighted by Gasteiger charge is -2.31. The minimum atomic E-state index is -0.417. The Morgan fingerprint density at radius 1 is 1.00 bits per heavy atom. The molecule has 0 radical (unpaired) electrons. The van der Waals surface area contributed by atoms with E-state index in [0.29, 0.717) is 19.8 Å². The first kappa shape index (κ1) is 20.2. The van der Waals surface area contributed by atoms with Gasteiger partial charge in [-0.3, -0.25) is 5.32 Å². The molecule has 1 unspecified atom stereocenters. The summed E-state index contributed by atoms with van der Waals surface area (Å²) in [4.78, 5) is 0. The van der Waals surface area contributed by atoms with Crippen molar-refractivity contribution in [1.82, 2.24) is 5.32 Å². The van der Waals surface area contributed by atoms with Crippen molar-refractivity contribution in [2.75, 3.05) is 19.8 Å². The molecule has 30 heavy (non-hydrogen) atoms. The number of ether oxygens (including phenoxy) is 1. The van der Waals surface area contributed by atoms with Gasteiger partial charge in [-0.1, -0.05) is 66.4 Å². The first-order chi connectivity index (χ1) is 14.7. The van der Waals surface area contributed by atoms with Crippen molar-refractivity contribution in [2.45, 2.75) is 31.2 Å². The Morgan fingerprint density at radius 2 is 1.73 bits per heavy atom. The lowest BCUT2D eigenvalue weighted by Crippen LogP contribution is -2.32. The normalized spacial score (nSPS) is 16.3. The predicted octanol–water partition coefficient (Wildman–Crippen LogP) is 5.11. The van der Waals surface area contributed by atoms with Crippen LogP contribution in [0.25, 0.3) is 10.8 Å². The predicted molar refractivity (Wildman–Crippen MR) is 121 cm³/mol. The number of nitriles is 1. The van der Waals surface area contributed by atoms with Crippen molar-refractivity contribution >= 4 is 10.8 Å². The van der Waals surface area contributed by atoms with Crippen LogP contribution in [0.1, 0.15) is 42.5 Å². The van der Waals surface area contributed by atoms with Crippen molar-refractivity contribution in [3.05, 3.63) is 83.4 Å². The highest BCUT2D eigenvalue weighted by Gasteiger charge is 2.34. The topological polar surface area (TPSA) is 45.0 Å². The Morgan fingerprint density at radius 3 is 2.50 bits per heavy atom. The third kappa shape index (κ3) is 4.24. The molecule has 1 atom stereocenters. The molecule has 1 aliphatic heterocycles. The van der Waals surface area contributed by atoms with Crippen LogP contribution in [0.15, 0.2) is 66.7 Å². The van der Waals surface area contributed by atoms with E-state index in [4.69, 9.17) is 4.74 Å². The van der Waals surface area contributed by atoms with Gasteiger partial charge in [0.2, 0.25) is 0 Å². The van der Waals surface area contributed by atoms with Gasteiger partial charge in [-0.2, -0.15) is 5.26 Å². The van der Waals surface area contributed by atoms with Crippen LogP contribution in [-0.2, 0) is 10.2 Å². The molecular weight excluding hydrogens is 368 g/mol. The highest BCUT2D eigenvalue weighted by atomic mass is 16.5. The Kier molecular flexibility index (Phi) is 6.15. The maximum atomic E-state index is 9.71. The van der Waals surface area contributed by atoms with Crippen LogP contribution >= 0.6 is 0 Å². The fourth-order valence-electron chi connectivity index (χ4n) is 4.15. The van der Waals surface area contributed by atoms with Gasteiger partial charge in [0.05, 0.1) is 18.0 Å². The number of rotatable bonds is 4. The molecule has 4 rings (SSSR count). The van der Waals surface area contributed by atoms with Gasteiger partial charge in [0.25, 0.3) is 0 Å². The van der Waals surface area contributed by atoms with Crippen molar-refractivity contribution in [1.29, 1.82) is 5.26 Å². The second kappa shape index (κ2) is 9.14. The number of hydrogen-bond donors (Lipinski definition) is 1. The fourth-order valence-corrected chi connectivity index (χ4v) is 4.15. The van der Waals surface area contributed by atoms with Gasteiger partial charge in [0.15, 0.2) is 0 Å². The van der Waals surface area contributed by atoms with E-state index in [1.807, 2.05) is 24.3 Å². The van der Waals surface area contributed by atoms with E-state index < -0.39 is 5.41 Å². The molecule has 0 saturated carbocycles. The summed E-state index contributed by atoms with van der Waals surface area (Å²) in [5.41, 5.74) is 2.91. The molecule has 1 heterocycles. The molecule has 3 aromatic rings. The monoisotopic (exact) mass is 394 g/mol. The van der Waals surface area contributed by atoms with E-state index >= 15 is 0 Å². The van der Waals surface area contributed by atoms with E-state index in [-0.39, 0.29) is 6.04 Å². The molecule has 3 nitrogen and oxygen atoms in total. The quantitative estimate of drug-likeness (QED) is 0.625. The molecule has 0 bridgehead atoms. The Labute approximate surface area is 178 Å². The summed E-state index contributed by atoms with van der Waals surface area (Å²) < 4.78 is 5.43. The lowest BCUT2D eigenvalue weighted by molar-refractivity contribution is 0.0675. The molecule has 0 aliphatic carbocycles. The van der Waals surface area contributed by atoms with Gasteiger partial charge in [0.1, 0.15) is 0 Å². The molecule has 1 aliphatic rings. The zero-order valence-corrected chi connectivity index (χ0v) is 17.3. The van der Waals surface area contributed by atoms with E-state index in [1.54, 1.807) is 0 Å². The van der Waals surface area contributed by atoms with E-state index in [0.717, 1.165) is 24.0 Å². The van der Waals surface area contributed by atoms with Crippen LogP contribution < -0.4 is 5.32 Å². The van der Waals surface area contributed by atoms with Crippen molar-refractivity contribution in [3.8, 4) is 17.9 Å². The molecule has 1 N–H and O–H groups in total. The first-order valence-corrected chi connectivity index (χ1v) is 10.5. The van der Waals surface area contributed by atoms with Crippen LogP contribution in [0.3, 0.4) is 0 Å². The Bertz CT molecular complexity index is 1100. The summed E-state index contributed by atoms with van der Waals surface area (Å²) in [5.74, 6) is 6.46. The highest BCUT2D eigenvalue weighted by molar-refractivity contribution is 5.86. The summed E-state index contributed by atoms with van der Waals surface area (Å²) in [6.45, 7) is 4.09. The summed E-state index contributed by atoms with van der Waals surface area (Å²) in [7, 11) is 0. The van der Waals surface area contributed by atoms with Gasteiger partial charge in [-0.25, -0.2) is 0 Å². The second-order valence-corrected chi connectivity index (χ2v) is 7.86. The Hall–Kier alpha value is -3.11. The summed E-state index contributed by atoms with van der Waals surface area (Å²) >= 11 is 0. The molecule has 150 valence electrons. The lowest BCUT2D eigenvalue weighted by atomic mass is 9.75. The van der Waals surface area contributed by atoms with Crippen LogP contribution in [0.2, 0.25) is 0 Å². The SMILES string of the molecule is CC(NCC#Cc1ccc(C2(C#N)CCOCC2)cc1)c1cccc2ccccc12. The number of fused-ring (bicyclic) bond motifs is 1. The molecule has 1 fully saturated rings. The molecule has 0 amide bonds. The van der Waals surface area contributed by atoms with Gasteiger partial charge < -0.3 is 4.74 Å². The Balaban J connectivity index is 1.39. The maximum Gasteiger partial charge on any atom is 0.0866 e. The van der Waals surface area contributed by atoms with Crippen LogP contribution in [-0.4, -0.2) is 19.8 Å². The third-order valence-electron chi connectivity index (χ3n) is 6.02. The zero-order chi connectivity index (χ0) is 20.8. The van der Waals surface area contributed by atoms with Crippen molar-refractivity contribution < 1.29 is 4.74 Å². The number of nitrogens with zero attached hydrogens (tertiary/aromatic N) is 1. The number of nitrogens with one attached hydrogen (secondary N) is 1. The van der Waals surface area contributed by atoms with Crippen LogP contribution in [0.5, 0.6) is 0 Å². The largest absolute Gasteiger partial charge is 0.381 e. The summed E-state index contributed by atoms with van der Waals surface area (Å²) in [6, 6.07) is 25.8. The summed E-state index contributed by atoms with van der Waals surface area (Å²) in [5, 5.41) is 15.8. The van der Waals surface area contributed by atoms with Crippen LogP contribution in [0, 0.1) is 23.2 Å². The third-order valence-corrected chi connectivity index (χ3v) is 6.02. The molecule has 1 saturated heterocycles. The number of benzene rings is 3. The average molecular weight is 395 g/mol. The minimum Gasteiger partial charge on any atom is -0.381 e. The van der Waals surface area contributed by atoms with E-state index in [1.165, 1.54) is 16.3 Å². The molecular formula is C27H26N2O.